The molecule has 4 aliphatic heterocycles. The Morgan fingerprint density at radius 2 is 1.22 bits per heavy atom. The molecule has 4 fully saturated rings. The molecule has 1 N–H and O–H groups in total. The van der Waals surface area contributed by atoms with Gasteiger partial charge in [-0.05, 0) is 74.6 Å². The first kappa shape index (κ1) is 38.6. The fraction of sp³-hybridized carbons (Fsp3) is 0.500. The van der Waals surface area contributed by atoms with Gasteiger partial charge in [0, 0.05) is 69.7 Å². The van der Waals surface area contributed by atoms with Crippen molar-refractivity contribution in [1.82, 2.24) is 33.3 Å². The van der Waals surface area contributed by atoms with E-state index in [-0.39, 0.29) is 29.0 Å². The normalized spacial score (nSPS) is 22.8. The van der Waals surface area contributed by atoms with E-state index in [1.807, 2.05) is 0 Å². The second-order valence-electron chi connectivity index (χ2n) is 14.3. The summed E-state index contributed by atoms with van der Waals surface area (Å²) < 4.78 is 82.1. The van der Waals surface area contributed by atoms with Crippen LogP contribution in [0.2, 0.25) is 0 Å². The van der Waals surface area contributed by atoms with Crippen LogP contribution >= 0.6 is 0 Å². The Balaban J connectivity index is 0.000000169. The van der Waals surface area contributed by atoms with E-state index < -0.39 is 31.9 Å². The van der Waals surface area contributed by atoms with Crippen molar-refractivity contribution in [2.24, 2.45) is 11.8 Å². The summed E-state index contributed by atoms with van der Waals surface area (Å²) in [5.41, 5.74) is 0.826. The number of hydrogen-bond acceptors (Lipinski definition) is 10. The van der Waals surface area contributed by atoms with Gasteiger partial charge in [-0.1, -0.05) is 0 Å². The third-order valence-corrected chi connectivity index (χ3v) is 14.1. The number of aromatic nitrogens is 4. The standard InChI is InChI=1S/C19H22FN5O2S.C17H19FN6O2S/c1-21-18-9-15-17(10-16(18)20)22-13-23-19(15)24-6-4-5-14(11-24)12-25-7-2-3-8-28(25,26)27;1-19-16-7-13-15(8-14(16)18)20-11-21-17(13)23-5-2-3-12(9-23)10-24-6-4-22-27(24,25)26/h9-10,13-14H,2-8,11-12H2;7-8,11-12,22H,2-6,9-10H2. The average molecular weight is 794 g/mol. The number of piperidine rings is 2. The van der Waals surface area contributed by atoms with Crippen molar-refractivity contribution in [3.05, 3.63) is 71.4 Å². The van der Waals surface area contributed by atoms with Crippen LogP contribution < -0.4 is 14.5 Å². The zero-order chi connectivity index (χ0) is 38.7. The molecule has 0 radical (unpaired) electrons. The first-order valence-electron chi connectivity index (χ1n) is 18.3. The molecule has 4 aliphatic rings. The predicted molar refractivity (Wildman–Crippen MR) is 204 cm³/mol. The molecule has 4 saturated heterocycles. The smallest absolute Gasteiger partial charge is 0.279 e. The number of fused-ring (bicyclic) bond motifs is 2. The molecule has 0 saturated carbocycles. The first-order valence-corrected chi connectivity index (χ1v) is 21.4. The summed E-state index contributed by atoms with van der Waals surface area (Å²) in [6.07, 6.45) is 8.20. The van der Waals surface area contributed by atoms with Crippen LogP contribution in [0.1, 0.15) is 38.5 Å². The van der Waals surface area contributed by atoms with Gasteiger partial charge in [0.25, 0.3) is 10.2 Å². The Kier molecular flexibility index (Phi) is 11.4. The summed E-state index contributed by atoms with van der Waals surface area (Å²) in [5.74, 6) is 0.805. The average Bonchev–Trinajstić information content (AvgIpc) is 3.51. The van der Waals surface area contributed by atoms with E-state index in [4.69, 9.17) is 13.1 Å². The van der Waals surface area contributed by atoms with Crippen molar-refractivity contribution in [3.63, 3.8) is 0 Å². The summed E-state index contributed by atoms with van der Waals surface area (Å²) in [6.45, 7) is 19.7. The lowest BCUT2D eigenvalue weighted by Gasteiger charge is -2.37. The molecular weight excluding hydrogens is 753 g/mol. The molecule has 8 rings (SSSR count). The van der Waals surface area contributed by atoms with Gasteiger partial charge in [-0.15, -0.1) is 0 Å². The van der Waals surface area contributed by atoms with Crippen molar-refractivity contribution in [2.45, 2.75) is 38.5 Å². The predicted octanol–water partition coefficient (Wildman–Crippen LogP) is 4.65. The molecule has 0 bridgehead atoms. The molecule has 55 heavy (non-hydrogen) atoms. The van der Waals surface area contributed by atoms with Crippen molar-refractivity contribution in [3.8, 4) is 0 Å². The lowest BCUT2D eigenvalue weighted by atomic mass is 9.97. The summed E-state index contributed by atoms with van der Waals surface area (Å²) in [5, 5.41) is 1.29. The Bertz CT molecular complexity index is 2390. The van der Waals surface area contributed by atoms with E-state index in [0.717, 1.165) is 51.6 Å². The van der Waals surface area contributed by atoms with Crippen LogP contribution in [0.4, 0.5) is 31.8 Å². The zero-order valence-corrected chi connectivity index (χ0v) is 31.7. The lowest BCUT2D eigenvalue weighted by molar-refractivity contribution is 0.296. The molecule has 15 nitrogen and oxygen atoms in total. The van der Waals surface area contributed by atoms with Crippen LogP contribution in [0.15, 0.2) is 36.9 Å². The maximum absolute atomic E-state index is 13.9. The highest BCUT2D eigenvalue weighted by atomic mass is 32.2. The number of anilines is 2. The number of benzene rings is 2. The number of sulfonamides is 1. The Hall–Kier alpha value is -4.66. The van der Waals surface area contributed by atoms with Gasteiger partial charge in [0.05, 0.1) is 29.9 Å². The van der Waals surface area contributed by atoms with E-state index in [2.05, 4.69) is 44.1 Å². The van der Waals surface area contributed by atoms with Gasteiger partial charge in [0.15, 0.2) is 0 Å². The summed E-state index contributed by atoms with van der Waals surface area (Å²) in [7, 11) is -6.49. The van der Waals surface area contributed by atoms with Crippen LogP contribution in [-0.4, -0.2) is 110 Å². The summed E-state index contributed by atoms with van der Waals surface area (Å²) in [6, 6.07) is 5.53. The van der Waals surface area contributed by atoms with E-state index in [9.17, 15) is 25.6 Å². The van der Waals surface area contributed by atoms with Crippen LogP contribution in [0.5, 0.6) is 0 Å². The topological polar surface area (TPSA) is 154 Å². The number of rotatable bonds is 6. The fourth-order valence-electron chi connectivity index (χ4n) is 7.92. The quantitative estimate of drug-likeness (QED) is 0.273. The van der Waals surface area contributed by atoms with Crippen molar-refractivity contribution in [2.75, 3.05) is 74.5 Å². The summed E-state index contributed by atoms with van der Waals surface area (Å²) >= 11 is 0. The monoisotopic (exact) mass is 793 g/mol. The van der Waals surface area contributed by atoms with Gasteiger partial charge in [0.2, 0.25) is 21.4 Å². The molecule has 2 atom stereocenters. The largest absolute Gasteiger partial charge is 0.356 e. The van der Waals surface area contributed by atoms with Crippen molar-refractivity contribution < 1.29 is 25.6 Å². The number of nitrogens with one attached hydrogen (secondary N) is 1. The van der Waals surface area contributed by atoms with Gasteiger partial charge in [-0.25, -0.2) is 55.9 Å². The lowest BCUT2D eigenvalue weighted by Crippen LogP contribution is -2.45. The van der Waals surface area contributed by atoms with Crippen LogP contribution in [0.3, 0.4) is 0 Å². The number of hydrogen-bond donors (Lipinski definition) is 1. The maximum atomic E-state index is 13.9. The molecule has 2 unspecified atom stereocenters. The minimum atomic E-state index is -3.35. The highest BCUT2D eigenvalue weighted by Crippen LogP contribution is 2.34. The minimum absolute atomic E-state index is 0.0449. The van der Waals surface area contributed by atoms with Gasteiger partial charge in [-0.3, -0.25) is 0 Å². The molecule has 290 valence electrons. The Morgan fingerprint density at radius 1 is 0.691 bits per heavy atom. The first-order chi connectivity index (χ1) is 26.5. The van der Waals surface area contributed by atoms with Gasteiger partial charge in [0.1, 0.15) is 35.9 Å². The Morgan fingerprint density at radius 3 is 1.69 bits per heavy atom. The van der Waals surface area contributed by atoms with Crippen LogP contribution in [-0.2, 0) is 20.2 Å². The van der Waals surface area contributed by atoms with Gasteiger partial charge < -0.3 is 9.80 Å². The molecule has 19 heteroatoms. The second kappa shape index (κ2) is 16.2. The minimum Gasteiger partial charge on any atom is -0.356 e. The maximum Gasteiger partial charge on any atom is 0.279 e. The number of halogens is 2. The van der Waals surface area contributed by atoms with Gasteiger partial charge >= 0.3 is 0 Å². The third-order valence-electron chi connectivity index (χ3n) is 10.6. The molecule has 2 aromatic heterocycles. The number of nitrogens with zero attached hydrogens (tertiary/aromatic N) is 10. The van der Waals surface area contributed by atoms with Crippen molar-refractivity contribution >= 4 is 65.0 Å². The van der Waals surface area contributed by atoms with Crippen LogP contribution in [0.25, 0.3) is 31.5 Å². The van der Waals surface area contributed by atoms with Crippen LogP contribution in [0, 0.1) is 36.6 Å². The Labute approximate surface area is 319 Å². The molecule has 0 aliphatic carbocycles. The molecule has 6 heterocycles. The third kappa shape index (κ3) is 8.46. The van der Waals surface area contributed by atoms with E-state index in [1.165, 1.54) is 41.2 Å². The molecule has 4 aromatic rings. The SMILES string of the molecule is [C-]#[N+]c1cc2c(N3CCCC(CN4CCCCS4(=O)=O)C3)ncnc2cc1F.[C-]#[N+]c1cc2c(N3CCCC(CN4CCNS4(=O)=O)C3)ncnc2cc1F. The second-order valence-corrected chi connectivity index (χ2v) is 18.2. The fourth-order valence-corrected chi connectivity index (χ4v) is 10.9. The van der Waals surface area contributed by atoms with Crippen molar-refractivity contribution in [1.29, 1.82) is 0 Å². The van der Waals surface area contributed by atoms with E-state index in [0.29, 0.717) is 79.3 Å². The molecule has 0 spiro atoms. The summed E-state index contributed by atoms with van der Waals surface area (Å²) in [4.78, 5) is 27.7. The zero-order valence-electron chi connectivity index (χ0n) is 30.1. The van der Waals surface area contributed by atoms with E-state index in [1.54, 1.807) is 4.31 Å². The molecule has 0 amide bonds. The van der Waals surface area contributed by atoms with E-state index >= 15 is 0 Å². The molecular formula is C36H41F2N11O4S2. The van der Waals surface area contributed by atoms with Gasteiger partial charge in [-0.2, -0.15) is 12.7 Å². The molecule has 2 aromatic carbocycles. The highest BCUT2D eigenvalue weighted by Gasteiger charge is 2.33. The highest BCUT2D eigenvalue weighted by molar-refractivity contribution is 7.89.